The topological polar surface area (TPSA) is 80.9 Å². The van der Waals surface area contributed by atoms with Crippen LogP contribution >= 0.6 is 34.7 Å². The van der Waals surface area contributed by atoms with Crippen LogP contribution in [0.5, 0.6) is 0 Å². The number of thioether (sulfide) groups is 1. The normalized spacial score (nSPS) is 10.8. The zero-order chi connectivity index (χ0) is 20.2. The van der Waals surface area contributed by atoms with E-state index in [1.165, 1.54) is 29.2 Å². The second-order valence-corrected chi connectivity index (χ2v) is 8.37. The summed E-state index contributed by atoms with van der Waals surface area (Å²) in [6, 6.07) is 15.4. The fourth-order valence-corrected chi connectivity index (χ4v) is 4.50. The first kappa shape index (κ1) is 19.6. The Morgan fingerprint density at radius 2 is 2.00 bits per heavy atom. The van der Waals surface area contributed by atoms with Crippen LogP contribution in [0.2, 0.25) is 5.02 Å². The summed E-state index contributed by atoms with van der Waals surface area (Å²) in [6.45, 7) is 0. The third-order valence-electron chi connectivity index (χ3n) is 3.83. The van der Waals surface area contributed by atoms with Crippen LogP contribution in [0.15, 0.2) is 63.5 Å². The molecule has 2 heterocycles. The Morgan fingerprint density at radius 3 is 2.79 bits per heavy atom. The highest BCUT2D eigenvalue weighted by Crippen LogP contribution is 2.31. The Kier molecular flexibility index (Phi) is 5.89. The van der Waals surface area contributed by atoms with Gasteiger partial charge in [-0.1, -0.05) is 76.3 Å². The van der Waals surface area contributed by atoms with Gasteiger partial charge in [-0.25, -0.2) is 4.39 Å². The van der Waals surface area contributed by atoms with Crippen LogP contribution in [0, 0.1) is 5.82 Å². The highest BCUT2D eigenvalue weighted by Gasteiger charge is 2.16. The molecule has 0 spiro atoms. The van der Waals surface area contributed by atoms with E-state index in [0.29, 0.717) is 31.6 Å². The van der Waals surface area contributed by atoms with Crippen molar-refractivity contribution >= 4 is 45.7 Å². The number of hydrogen-bond acceptors (Lipinski definition) is 7. The number of benzene rings is 2. The van der Waals surface area contributed by atoms with E-state index in [0.717, 1.165) is 5.56 Å². The second-order valence-electron chi connectivity index (χ2n) is 5.76. The second kappa shape index (κ2) is 8.73. The van der Waals surface area contributed by atoms with Crippen molar-refractivity contribution in [3.8, 4) is 11.3 Å². The molecule has 2 aromatic carbocycles. The minimum Gasteiger partial charge on any atom is -0.355 e. The van der Waals surface area contributed by atoms with Crippen molar-refractivity contribution in [2.75, 3.05) is 5.32 Å². The highest BCUT2D eigenvalue weighted by molar-refractivity contribution is 8.00. The monoisotopic (exact) mass is 446 g/mol. The lowest BCUT2D eigenvalue weighted by Gasteiger charge is -2.03. The van der Waals surface area contributed by atoms with Gasteiger partial charge >= 0.3 is 0 Å². The van der Waals surface area contributed by atoms with Crippen molar-refractivity contribution in [3.63, 3.8) is 0 Å². The first-order valence-electron chi connectivity index (χ1n) is 8.33. The summed E-state index contributed by atoms with van der Waals surface area (Å²) >= 11 is 8.48. The molecule has 0 unspecified atom stereocenters. The predicted molar refractivity (Wildman–Crippen MR) is 111 cm³/mol. The number of amides is 1. The minimum atomic E-state index is -0.458. The molecular weight excluding hydrogens is 435 g/mol. The van der Waals surface area contributed by atoms with Crippen LogP contribution in [-0.2, 0) is 5.75 Å². The Bertz CT molecular complexity index is 1130. The van der Waals surface area contributed by atoms with Crippen LogP contribution in [0.4, 0.5) is 9.52 Å². The van der Waals surface area contributed by atoms with Crippen molar-refractivity contribution < 1.29 is 13.7 Å². The van der Waals surface area contributed by atoms with Crippen molar-refractivity contribution in [2.24, 2.45) is 0 Å². The van der Waals surface area contributed by atoms with E-state index in [9.17, 15) is 9.18 Å². The van der Waals surface area contributed by atoms with Gasteiger partial charge in [-0.05, 0) is 12.1 Å². The fourth-order valence-electron chi connectivity index (χ4n) is 2.40. The molecule has 4 rings (SSSR count). The molecule has 0 aliphatic heterocycles. The largest absolute Gasteiger partial charge is 0.355 e. The molecule has 0 bridgehead atoms. The summed E-state index contributed by atoms with van der Waals surface area (Å²) in [6.07, 6.45) is 0. The lowest BCUT2D eigenvalue weighted by Crippen LogP contribution is -2.11. The maximum absolute atomic E-state index is 13.8. The molecule has 29 heavy (non-hydrogen) atoms. The van der Waals surface area contributed by atoms with Gasteiger partial charge in [0.05, 0.1) is 0 Å². The lowest BCUT2D eigenvalue weighted by molar-refractivity contribution is 0.101. The van der Waals surface area contributed by atoms with Gasteiger partial charge in [0.1, 0.15) is 5.82 Å². The van der Waals surface area contributed by atoms with Crippen molar-refractivity contribution in [2.45, 2.75) is 10.1 Å². The van der Waals surface area contributed by atoms with Crippen LogP contribution in [-0.4, -0.2) is 21.3 Å². The fraction of sp³-hybridized carbons (Fsp3) is 0.0526. The van der Waals surface area contributed by atoms with Crippen LogP contribution in [0.25, 0.3) is 11.3 Å². The van der Waals surface area contributed by atoms with E-state index in [-0.39, 0.29) is 11.5 Å². The number of aromatic nitrogens is 3. The molecule has 2 aromatic heterocycles. The number of hydrogen-bond donors (Lipinski definition) is 1. The molecule has 146 valence electrons. The first-order valence-corrected chi connectivity index (χ1v) is 10.5. The molecule has 0 fully saturated rings. The quantitative estimate of drug-likeness (QED) is 0.310. The van der Waals surface area contributed by atoms with E-state index in [1.807, 2.05) is 30.3 Å². The number of carbonyl (C=O) groups excluding carboxylic acids is 1. The summed E-state index contributed by atoms with van der Waals surface area (Å²) in [5.41, 5.74) is 1.35. The summed E-state index contributed by atoms with van der Waals surface area (Å²) in [5.74, 6) is -0.0345. The minimum absolute atomic E-state index is 0.131. The number of halogens is 2. The standard InChI is InChI=1S/C19H12ClFN4O2S2/c20-13-7-4-8-14(21)12(13)10-28-19-24-23-18(29-19)22-17(26)15-9-16(27-25-15)11-5-2-1-3-6-11/h1-9H,10H2,(H,22,23,26). The maximum Gasteiger partial charge on any atom is 0.279 e. The average molecular weight is 447 g/mol. The number of carbonyl (C=O) groups is 1. The summed E-state index contributed by atoms with van der Waals surface area (Å²) in [4.78, 5) is 12.4. The molecule has 0 radical (unpaired) electrons. The molecule has 0 aliphatic carbocycles. The van der Waals surface area contributed by atoms with Gasteiger partial charge in [0, 0.05) is 28.0 Å². The van der Waals surface area contributed by atoms with E-state index < -0.39 is 5.91 Å². The molecule has 6 nitrogen and oxygen atoms in total. The third-order valence-corrected chi connectivity index (χ3v) is 6.18. The van der Waals surface area contributed by atoms with Crippen molar-refractivity contribution in [3.05, 3.63) is 76.7 Å². The van der Waals surface area contributed by atoms with Gasteiger partial charge in [0.25, 0.3) is 5.91 Å². The van der Waals surface area contributed by atoms with Crippen molar-refractivity contribution in [1.82, 2.24) is 15.4 Å². The number of nitrogens with one attached hydrogen (secondary N) is 1. The Hall–Kier alpha value is -2.75. The first-order chi connectivity index (χ1) is 14.1. The molecule has 10 heteroatoms. The van der Waals surface area contributed by atoms with E-state index in [2.05, 4.69) is 20.7 Å². The molecule has 0 atom stereocenters. The van der Waals surface area contributed by atoms with Crippen LogP contribution in [0.1, 0.15) is 16.1 Å². The van der Waals surface area contributed by atoms with Gasteiger partial charge in [-0.3, -0.25) is 10.1 Å². The Balaban J connectivity index is 1.39. The van der Waals surface area contributed by atoms with E-state index >= 15 is 0 Å². The third kappa shape index (κ3) is 4.64. The summed E-state index contributed by atoms with van der Waals surface area (Å²) < 4.78 is 19.6. The predicted octanol–water partition coefficient (Wildman–Crippen LogP) is 5.53. The highest BCUT2D eigenvalue weighted by atomic mass is 35.5. The van der Waals surface area contributed by atoms with Gasteiger partial charge in [0.2, 0.25) is 5.13 Å². The van der Waals surface area contributed by atoms with Crippen molar-refractivity contribution in [1.29, 1.82) is 0 Å². The summed E-state index contributed by atoms with van der Waals surface area (Å²) in [5, 5.41) is 15.0. The number of rotatable bonds is 6. The van der Waals surface area contributed by atoms with Gasteiger partial charge in [-0.2, -0.15) is 0 Å². The van der Waals surface area contributed by atoms with Crippen LogP contribution in [0.3, 0.4) is 0 Å². The molecular formula is C19H12ClFN4O2S2. The summed E-state index contributed by atoms with van der Waals surface area (Å²) in [7, 11) is 0. The van der Waals surface area contributed by atoms with E-state index in [1.54, 1.807) is 18.2 Å². The van der Waals surface area contributed by atoms with Crippen LogP contribution < -0.4 is 5.32 Å². The zero-order valence-electron chi connectivity index (χ0n) is 14.6. The molecule has 0 saturated carbocycles. The Morgan fingerprint density at radius 1 is 1.17 bits per heavy atom. The Labute approximate surface area is 178 Å². The molecule has 1 amide bonds. The van der Waals surface area contributed by atoms with Gasteiger partial charge < -0.3 is 4.52 Å². The molecule has 0 saturated heterocycles. The molecule has 0 aliphatic rings. The average Bonchev–Trinajstić information content (AvgIpc) is 3.38. The number of nitrogens with zero attached hydrogens (tertiary/aromatic N) is 3. The lowest BCUT2D eigenvalue weighted by atomic mass is 10.1. The molecule has 1 N–H and O–H groups in total. The number of anilines is 1. The maximum atomic E-state index is 13.8. The molecule has 4 aromatic rings. The van der Waals surface area contributed by atoms with E-state index in [4.69, 9.17) is 16.1 Å². The SMILES string of the molecule is O=C(Nc1nnc(SCc2c(F)cccc2Cl)s1)c1cc(-c2ccccc2)on1. The van der Waals surface area contributed by atoms with Gasteiger partial charge in [0.15, 0.2) is 15.8 Å². The zero-order valence-corrected chi connectivity index (χ0v) is 17.0. The smallest absolute Gasteiger partial charge is 0.279 e. The van der Waals surface area contributed by atoms with Gasteiger partial charge in [-0.15, -0.1) is 10.2 Å².